The minimum Gasteiger partial charge on any atom is -0.481 e. The topological polar surface area (TPSA) is 68.3 Å². The van der Waals surface area contributed by atoms with Crippen LogP contribution in [-0.4, -0.2) is 29.3 Å². The number of rotatable bonds is 7. The van der Waals surface area contributed by atoms with Gasteiger partial charge in [-0.15, -0.1) is 0 Å². The van der Waals surface area contributed by atoms with Crippen molar-refractivity contribution in [2.45, 2.75) is 26.4 Å². The number of nitrogens with zero attached hydrogens (tertiary/aromatic N) is 1. The van der Waals surface area contributed by atoms with Gasteiger partial charge >= 0.3 is 0 Å². The molecule has 2 rings (SSSR count). The van der Waals surface area contributed by atoms with Crippen LogP contribution in [-0.2, 0) is 11.2 Å². The van der Waals surface area contributed by atoms with Crippen molar-refractivity contribution < 1.29 is 18.7 Å². The molecule has 1 heterocycles. The van der Waals surface area contributed by atoms with Crippen LogP contribution in [0.1, 0.15) is 29.9 Å². The van der Waals surface area contributed by atoms with E-state index < -0.39 is 11.9 Å². The number of hydrogen-bond acceptors (Lipinski definition) is 4. The van der Waals surface area contributed by atoms with E-state index in [1.165, 1.54) is 13.0 Å². The highest BCUT2D eigenvalue weighted by Crippen LogP contribution is 2.15. The molecule has 24 heavy (non-hydrogen) atoms. The highest BCUT2D eigenvalue weighted by atomic mass is 19.1. The lowest BCUT2D eigenvalue weighted by molar-refractivity contribution is -0.127. The molecule has 0 fully saturated rings. The number of pyridine rings is 1. The number of ether oxygens (including phenoxy) is 1. The average Bonchev–Trinajstić information content (AvgIpc) is 2.56. The Kier molecular flexibility index (Phi) is 6.01. The monoisotopic (exact) mass is 330 g/mol. The van der Waals surface area contributed by atoms with Crippen molar-refractivity contribution in [3.05, 3.63) is 59.7 Å². The van der Waals surface area contributed by atoms with Gasteiger partial charge in [-0.05, 0) is 38.1 Å². The second-order valence-corrected chi connectivity index (χ2v) is 5.35. The molecule has 0 spiro atoms. The van der Waals surface area contributed by atoms with E-state index in [-0.39, 0.29) is 11.7 Å². The molecule has 2 aromatic rings. The van der Waals surface area contributed by atoms with Crippen molar-refractivity contribution in [1.29, 1.82) is 0 Å². The highest BCUT2D eigenvalue weighted by Gasteiger charge is 2.14. The van der Waals surface area contributed by atoms with Gasteiger partial charge in [0.1, 0.15) is 11.6 Å². The molecule has 1 amide bonds. The van der Waals surface area contributed by atoms with Crippen LogP contribution in [0.3, 0.4) is 0 Å². The Morgan fingerprint density at radius 2 is 2.08 bits per heavy atom. The zero-order chi connectivity index (χ0) is 17.5. The maximum Gasteiger partial charge on any atom is 0.260 e. The van der Waals surface area contributed by atoms with Crippen LogP contribution >= 0.6 is 0 Å². The molecular formula is C18H19FN2O3. The van der Waals surface area contributed by atoms with E-state index in [4.69, 9.17) is 4.74 Å². The SMILES string of the molecule is CC(=O)c1cccc(OC(C)C(=O)NCCc2ccc(F)cn2)c1. The fourth-order valence-electron chi connectivity index (χ4n) is 2.06. The first-order valence-corrected chi connectivity index (χ1v) is 7.61. The van der Waals surface area contributed by atoms with Gasteiger partial charge in [0.2, 0.25) is 0 Å². The van der Waals surface area contributed by atoms with E-state index in [0.29, 0.717) is 30.0 Å². The van der Waals surface area contributed by atoms with Crippen LogP contribution in [0.4, 0.5) is 4.39 Å². The number of amides is 1. The molecule has 1 atom stereocenters. The number of carbonyl (C=O) groups is 2. The molecule has 1 aromatic carbocycles. The summed E-state index contributed by atoms with van der Waals surface area (Å²) in [6.45, 7) is 3.48. The summed E-state index contributed by atoms with van der Waals surface area (Å²) in [6.07, 6.45) is 0.942. The third-order valence-electron chi connectivity index (χ3n) is 3.39. The van der Waals surface area contributed by atoms with Gasteiger partial charge < -0.3 is 10.1 Å². The first kappa shape index (κ1) is 17.6. The molecule has 0 aliphatic heterocycles. The summed E-state index contributed by atoms with van der Waals surface area (Å²) in [5, 5.41) is 2.74. The Hall–Kier alpha value is -2.76. The van der Waals surface area contributed by atoms with E-state index in [0.717, 1.165) is 6.20 Å². The molecular weight excluding hydrogens is 311 g/mol. The van der Waals surface area contributed by atoms with E-state index in [9.17, 15) is 14.0 Å². The van der Waals surface area contributed by atoms with E-state index in [2.05, 4.69) is 10.3 Å². The molecule has 0 saturated heterocycles. The molecule has 1 N–H and O–H groups in total. The highest BCUT2D eigenvalue weighted by molar-refractivity contribution is 5.94. The van der Waals surface area contributed by atoms with Crippen LogP contribution in [0, 0.1) is 5.82 Å². The van der Waals surface area contributed by atoms with Gasteiger partial charge in [-0.1, -0.05) is 12.1 Å². The number of ketones is 1. The lowest BCUT2D eigenvalue weighted by Gasteiger charge is -2.15. The molecule has 0 saturated carbocycles. The molecule has 0 radical (unpaired) electrons. The van der Waals surface area contributed by atoms with Crippen molar-refractivity contribution in [3.63, 3.8) is 0 Å². The number of benzene rings is 1. The summed E-state index contributed by atoms with van der Waals surface area (Å²) in [6, 6.07) is 9.60. The number of aromatic nitrogens is 1. The Labute approximate surface area is 139 Å². The standard InChI is InChI=1S/C18H19FN2O3/c1-12(22)14-4-3-5-17(10-14)24-13(2)18(23)20-9-8-16-7-6-15(19)11-21-16/h3-7,10-11,13H,8-9H2,1-2H3,(H,20,23). The van der Waals surface area contributed by atoms with E-state index in [1.807, 2.05) is 0 Å². The van der Waals surface area contributed by atoms with Gasteiger partial charge in [-0.25, -0.2) is 4.39 Å². The predicted octanol–water partition coefficient (Wildman–Crippen LogP) is 2.55. The smallest absolute Gasteiger partial charge is 0.260 e. The zero-order valence-electron chi connectivity index (χ0n) is 13.6. The summed E-state index contributed by atoms with van der Waals surface area (Å²) in [5.74, 6) is -0.266. The van der Waals surface area contributed by atoms with E-state index >= 15 is 0 Å². The van der Waals surface area contributed by atoms with Gasteiger partial charge in [-0.2, -0.15) is 0 Å². The summed E-state index contributed by atoms with van der Waals surface area (Å²) in [4.78, 5) is 27.3. The summed E-state index contributed by atoms with van der Waals surface area (Å²) in [5.41, 5.74) is 1.22. The number of nitrogens with one attached hydrogen (secondary N) is 1. The Morgan fingerprint density at radius 3 is 2.75 bits per heavy atom. The van der Waals surface area contributed by atoms with Crippen LogP contribution < -0.4 is 10.1 Å². The minimum absolute atomic E-state index is 0.0654. The molecule has 6 heteroatoms. The number of halogens is 1. The maximum absolute atomic E-state index is 12.8. The molecule has 0 bridgehead atoms. The lowest BCUT2D eigenvalue weighted by Crippen LogP contribution is -2.37. The molecule has 0 aliphatic carbocycles. The first-order valence-electron chi connectivity index (χ1n) is 7.61. The van der Waals surface area contributed by atoms with Gasteiger partial charge in [-0.3, -0.25) is 14.6 Å². The largest absolute Gasteiger partial charge is 0.481 e. The molecule has 0 aliphatic rings. The maximum atomic E-state index is 12.8. The number of hydrogen-bond donors (Lipinski definition) is 1. The van der Waals surface area contributed by atoms with Crippen LogP contribution in [0.2, 0.25) is 0 Å². The van der Waals surface area contributed by atoms with Crippen molar-refractivity contribution in [2.24, 2.45) is 0 Å². The average molecular weight is 330 g/mol. The fraction of sp³-hybridized carbons (Fsp3) is 0.278. The second kappa shape index (κ2) is 8.19. The quantitative estimate of drug-likeness (QED) is 0.792. The third kappa shape index (κ3) is 5.15. The van der Waals surface area contributed by atoms with Gasteiger partial charge in [0.15, 0.2) is 11.9 Å². The zero-order valence-corrected chi connectivity index (χ0v) is 13.6. The van der Waals surface area contributed by atoms with Crippen LogP contribution in [0.5, 0.6) is 5.75 Å². The van der Waals surface area contributed by atoms with Crippen molar-refractivity contribution in [1.82, 2.24) is 10.3 Å². The summed E-state index contributed by atoms with van der Waals surface area (Å²) in [7, 11) is 0. The predicted molar refractivity (Wildman–Crippen MR) is 87.4 cm³/mol. The Bertz CT molecular complexity index is 716. The first-order chi connectivity index (χ1) is 11.5. The van der Waals surface area contributed by atoms with Crippen LogP contribution in [0.15, 0.2) is 42.6 Å². The molecule has 126 valence electrons. The Balaban J connectivity index is 1.82. The van der Waals surface area contributed by atoms with Gasteiger partial charge in [0.25, 0.3) is 5.91 Å². The van der Waals surface area contributed by atoms with Crippen molar-refractivity contribution in [2.75, 3.05) is 6.54 Å². The van der Waals surface area contributed by atoms with Crippen LogP contribution in [0.25, 0.3) is 0 Å². The van der Waals surface area contributed by atoms with Crippen molar-refractivity contribution in [3.8, 4) is 5.75 Å². The second-order valence-electron chi connectivity index (χ2n) is 5.35. The van der Waals surface area contributed by atoms with E-state index in [1.54, 1.807) is 37.3 Å². The van der Waals surface area contributed by atoms with Gasteiger partial charge in [0.05, 0.1) is 6.20 Å². The summed E-state index contributed by atoms with van der Waals surface area (Å²) >= 11 is 0. The van der Waals surface area contributed by atoms with Gasteiger partial charge in [0, 0.05) is 24.2 Å². The number of carbonyl (C=O) groups excluding carboxylic acids is 2. The number of Topliss-reactive ketones (excluding diaryl/α,β-unsaturated/α-hetero) is 1. The normalized spacial score (nSPS) is 11.6. The Morgan fingerprint density at radius 1 is 1.29 bits per heavy atom. The lowest BCUT2D eigenvalue weighted by atomic mass is 10.1. The van der Waals surface area contributed by atoms with Crippen molar-refractivity contribution >= 4 is 11.7 Å². The molecule has 1 aromatic heterocycles. The molecule has 1 unspecified atom stereocenters. The molecule has 5 nitrogen and oxygen atoms in total. The minimum atomic E-state index is -0.701. The third-order valence-corrected chi connectivity index (χ3v) is 3.39. The fourth-order valence-corrected chi connectivity index (χ4v) is 2.06. The summed E-state index contributed by atoms with van der Waals surface area (Å²) < 4.78 is 18.3.